The molecule has 0 aliphatic carbocycles. The molecular formula is C15H22Cl2N2O3S2. The van der Waals surface area contributed by atoms with Crippen molar-refractivity contribution in [3.05, 3.63) is 28.2 Å². The highest BCUT2D eigenvalue weighted by molar-refractivity contribution is 7.98. The number of thioether (sulfide) groups is 1. The second-order valence-electron chi connectivity index (χ2n) is 5.04. The molecule has 0 saturated heterocycles. The molecule has 1 amide bonds. The summed E-state index contributed by atoms with van der Waals surface area (Å²) in [5.41, 5.74) is 0. The smallest absolute Gasteiger partial charge is 0.242 e. The Labute approximate surface area is 158 Å². The maximum absolute atomic E-state index is 12.7. The van der Waals surface area contributed by atoms with Crippen molar-refractivity contribution < 1.29 is 13.2 Å². The average molecular weight is 413 g/mol. The highest BCUT2D eigenvalue weighted by atomic mass is 35.5. The largest absolute Gasteiger partial charge is 0.342 e. The highest BCUT2D eigenvalue weighted by Crippen LogP contribution is 2.25. The van der Waals surface area contributed by atoms with E-state index in [4.69, 9.17) is 23.2 Å². The Kier molecular flexibility index (Phi) is 8.87. The molecule has 1 aromatic carbocycles. The fourth-order valence-electron chi connectivity index (χ4n) is 2.16. The third-order valence-corrected chi connectivity index (χ3v) is 6.30. The van der Waals surface area contributed by atoms with Crippen LogP contribution in [0.25, 0.3) is 0 Å². The summed E-state index contributed by atoms with van der Waals surface area (Å²) in [5.74, 6) is 0.416. The van der Waals surface area contributed by atoms with Gasteiger partial charge in [0.05, 0.1) is 5.02 Å². The molecule has 0 saturated carbocycles. The number of carbonyl (C=O) groups excluding carboxylic acids is 1. The van der Waals surface area contributed by atoms with Crippen molar-refractivity contribution in [1.82, 2.24) is 9.62 Å². The maximum atomic E-state index is 12.7. The number of nitrogens with zero attached hydrogens (tertiary/aromatic N) is 1. The third-order valence-electron chi connectivity index (χ3n) is 3.46. The van der Waals surface area contributed by atoms with E-state index in [-0.39, 0.29) is 20.8 Å². The number of carbonyl (C=O) groups is 1. The predicted octanol–water partition coefficient (Wildman–Crippen LogP) is 3.26. The fourth-order valence-corrected chi connectivity index (χ4v) is 4.62. The van der Waals surface area contributed by atoms with Crippen molar-refractivity contribution in [2.24, 2.45) is 0 Å². The number of benzene rings is 1. The van der Waals surface area contributed by atoms with Gasteiger partial charge in [0.2, 0.25) is 15.9 Å². The molecule has 0 aromatic heterocycles. The van der Waals surface area contributed by atoms with Gasteiger partial charge < -0.3 is 4.90 Å². The number of nitrogens with one attached hydrogen (secondary N) is 1. The molecule has 1 rings (SSSR count). The molecule has 0 heterocycles. The van der Waals surface area contributed by atoms with Crippen LogP contribution in [0.4, 0.5) is 0 Å². The van der Waals surface area contributed by atoms with Gasteiger partial charge in [-0.1, -0.05) is 23.2 Å². The Morgan fingerprint density at radius 1 is 1.29 bits per heavy atom. The van der Waals surface area contributed by atoms with Crippen LogP contribution in [0.15, 0.2) is 23.1 Å². The topological polar surface area (TPSA) is 66.5 Å². The second-order valence-corrected chi connectivity index (χ2v) is 8.55. The molecule has 9 heteroatoms. The molecule has 1 aromatic rings. The Bertz CT molecular complexity index is 665. The lowest BCUT2D eigenvalue weighted by Crippen LogP contribution is -2.48. The van der Waals surface area contributed by atoms with E-state index < -0.39 is 16.1 Å². The minimum atomic E-state index is -3.96. The van der Waals surface area contributed by atoms with Crippen LogP contribution in [0, 0.1) is 0 Å². The molecule has 5 nitrogen and oxygen atoms in total. The summed E-state index contributed by atoms with van der Waals surface area (Å²) in [6.07, 6.45) is 2.30. The minimum absolute atomic E-state index is 0.0609. The Morgan fingerprint density at radius 2 is 1.92 bits per heavy atom. The summed E-state index contributed by atoms with van der Waals surface area (Å²) in [4.78, 5) is 14.1. The fraction of sp³-hybridized carbons (Fsp3) is 0.533. The van der Waals surface area contributed by atoms with Crippen LogP contribution in [-0.2, 0) is 14.8 Å². The normalized spacial score (nSPS) is 12.9. The Hall–Kier alpha value is -0.470. The molecule has 24 heavy (non-hydrogen) atoms. The van der Waals surface area contributed by atoms with Crippen LogP contribution in [0.2, 0.25) is 10.0 Å². The lowest BCUT2D eigenvalue weighted by molar-refractivity contribution is -0.132. The van der Waals surface area contributed by atoms with Gasteiger partial charge in [-0.25, -0.2) is 8.42 Å². The summed E-state index contributed by atoms with van der Waals surface area (Å²) in [6, 6.07) is 3.37. The Balaban J connectivity index is 3.12. The van der Waals surface area contributed by atoms with E-state index in [2.05, 4.69) is 4.72 Å². The minimum Gasteiger partial charge on any atom is -0.342 e. The zero-order valence-corrected chi connectivity index (χ0v) is 17.0. The number of halogens is 2. The Morgan fingerprint density at radius 3 is 2.46 bits per heavy atom. The zero-order valence-electron chi connectivity index (χ0n) is 13.9. The van der Waals surface area contributed by atoms with Gasteiger partial charge in [-0.15, -0.1) is 0 Å². The maximum Gasteiger partial charge on any atom is 0.242 e. The van der Waals surface area contributed by atoms with Crippen LogP contribution in [0.3, 0.4) is 0 Å². The number of rotatable bonds is 9. The van der Waals surface area contributed by atoms with Gasteiger partial charge in [0.25, 0.3) is 0 Å². The first-order valence-electron chi connectivity index (χ1n) is 7.51. The first-order valence-corrected chi connectivity index (χ1v) is 11.1. The van der Waals surface area contributed by atoms with Crippen molar-refractivity contribution in [1.29, 1.82) is 0 Å². The van der Waals surface area contributed by atoms with Crippen molar-refractivity contribution >= 4 is 50.9 Å². The first-order chi connectivity index (χ1) is 11.3. The molecule has 1 atom stereocenters. The lowest BCUT2D eigenvalue weighted by Gasteiger charge is -2.25. The van der Waals surface area contributed by atoms with Crippen molar-refractivity contribution in [2.75, 3.05) is 25.1 Å². The van der Waals surface area contributed by atoms with Crippen LogP contribution >= 0.6 is 35.0 Å². The van der Waals surface area contributed by atoms with Crippen molar-refractivity contribution in [3.8, 4) is 0 Å². The average Bonchev–Trinajstić information content (AvgIpc) is 2.54. The summed E-state index contributed by atoms with van der Waals surface area (Å²) in [5, 5.41) is 0.321. The summed E-state index contributed by atoms with van der Waals surface area (Å²) in [7, 11) is -3.96. The van der Waals surface area contributed by atoms with Gasteiger partial charge in [-0.3, -0.25) is 4.79 Å². The molecule has 136 valence electrons. The van der Waals surface area contributed by atoms with Crippen LogP contribution in [0.5, 0.6) is 0 Å². The number of likely N-dealkylation sites (N-methyl/N-ethyl adjacent to an activating group) is 1. The van der Waals surface area contributed by atoms with Crippen molar-refractivity contribution in [2.45, 2.75) is 31.2 Å². The first kappa shape index (κ1) is 21.6. The number of hydrogen-bond donors (Lipinski definition) is 1. The predicted molar refractivity (Wildman–Crippen MR) is 101 cm³/mol. The van der Waals surface area contributed by atoms with E-state index >= 15 is 0 Å². The van der Waals surface area contributed by atoms with E-state index in [0.717, 1.165) is 0 Å². The van der Waals surface area contributed by atoms with Gasteiger partial charge in [-0.05, 0) is 50.5 Å². The van der Waals surface area contributed by atoms with Crippen molar-refractivity contribution in [3.63, 3.8) is 0 Å². The van der Waals surface area contributed by atoms with E-state index in [1.807, 2.05) is 20.1 Å². The molecule has 0 radical (unpaired) electrons. The van der Waals surface area contributed by atoms with Gasteiger partial charge >= 0.3 is 0 Å². The van der Waals surface area contributed by atoms with Crippen LogP contribution in [0.1, 0.15) is 20.3 Å². The van der Waals surface area contributed by atoms with E-state index in [1.54, 1.807) is 16.7 Å². The number of sulfonamides is 1. The number of amides is 1. The SMILES string of the molecule is CCN(CC)C(=O)C(CCSC)NS(=O)(=O)c1cc(Cl)ccc1Cl. The van der Waals surface area contributed by atoms with Gasteiger partial charge in [0.15, 0.2) is 0 Å². The molecule has 1 unspecified atom stereocenters. The third kappa shape index (κ3) is 5.81. The lowest BCUT2D eigenvalue weighted by atomic mass is 10.2. The molecule has 0 fully saturated rings. The quantitative estimate of drug-likeness (QED) is 0.675. The van der Waals surface area contributed by atoms with Crippen LogP contribution in [-0.4, -0.2) is 50.4 Å². The summed E-state index contributed by atoms with van der Waals surface area (Å²) >= 11 is 13.4. The van der Waals surface area contributed by atoms with E-state index in [9.17, 15) is 13.2 Å². The molecule has 0 bridgehead atoms. The summed E-state index contributed by atoms with van der Waals surface area (Å²) in [6.45, 7) is 4.75. The van der Waals surface area contributed by atoms with Gasteiger partial charge in [-0.2, -0.15) is 16.5 Å². The molecular weight excluding hydrogens is 391 g/mol. The second kappa shape index (κ2) is 9.87. The summed E-state index contributed by atoms with van der Waals surface area (Å²) < 4.78 is 27.8. The molecule has 0 aliphatic rings. The van der Waals surface area contributed by atoms with Gasteiger partial charge in [0.1, 0.15) is 10.9 Å². The molecule has 0 aliphatic heterocycles. The molecule has 1 N–H and O–H groups in total. The highest BCUT2D eigenvalue weighted by Gasteiger charge is 2.29. The molecule has 0 spiro atoms. The standard InChI is InChI=1S/C15H22Cl2N2O3S2/c1-4-19(5-2)15(20)13(8-9-23-3)18-24(21,22)14-10-11(16)6-7-12(14)17/h6-7,10,13,18H,4-5,8-9H2,1-3H3. The van der Waals surface area contributed by atoms with Crippen LogP contribution < -0.4 is 4.72 Å². The monoisotopic (exact) mass is 412 g/mol. The zero-order chi connectivity index (χ0) is 18.3. The van der Waals surface area contributed by atoms with E-state index in [1.165, 1.54) is 18.2 Å². The van der Waals surface area contributed by atoms with E-state index in [0.29, 0.717) is 25.3 Å². The number of hydrogen-bond acceptors (Lipinski definition) is 4. The van der Waals surface area contributed by atoms with Gasteiger partial charge in [0, 0.05) is 18.1 Å².